The number of methoxy groups -OCH3 is 2. The van der Waals surface area contributed by atoms with Gasteiger partial charge in [0, 0.05) is 6.33 Å². The van der Waals surface area contributed by atoms with Crippen LogP contribution < -0.4 is 28.3 Å². The number of nitrogens with zero attached hydrogens (tertiary/aromatic N) is 2. The van der Waals surface area contributed by atoms with Crippen LogP contribution in [0.5, 0.6) is 11.8 Å². The fourth-order valence-corrected chi connectivity index (χ4v) is 0.503. The predicted molar refractivity (Wildman–Crippen MR) is 34.0 cm³/mol. The van der Waals surface area contributed by atoms with E-state index in [1.54, 1.807) is 6.07 Å². The van der Waals surface area contributed by atoms with E-state index in [1.807, 2.05) is 0 Å². The molecule has 0 saturated heterocycles. The second kappa shape index (κ2) is 5.00. The van der Waals surface area contributed by atoms with Crippen molar-refractivity contribution in [1.29, 1.82) is 0 Å². The third-order valence-corrected chi connectivity index (χ3v) is 0.986. The molecule has 54 valence electrons. The molecule has 0 spiro atoms. The SMILES string of the molecule is COc1cc(OC)n[c-]n1.[Li+]. The fraction of sp³-hybridized carbons (Fsp3) is 0.333. The molecule has 1 aromatic heterocycles. The Morgan fingerprint density at radius 3 is 2.00 bits per heavy atom. The Labute approximate surface area is 77.1 Å². The standard InChI is InChI=1S/C6H7N2O2.Li/c1-9-5-3-6(10-2)8-4-7-5;/h3H,1-2H3;/q-1;+1. The normalized spacial score (nSPS) is 8.18. The summed E-state index contributed by atoms with van der Waals surface area (Å²) in [6.45, 7) is 0. The van der Waals surface area contributed by atoms with Crippen LogP contribution in [0.15, 0.2) is 6.07 Å². The van der Waals surface area contributed by atoms with Crippen molar-refractivity contribution < 1.29 is 28.3 Å². The van der Waals surface area contributed by atoms with Crippen LogP contribution in [0.4, 0.5) is 0 Å². The predicted octanol–water partition coefficient (Wildman–Crippen LogP) is -2.70. The van der Waals surface area contributed by atoms with E-state index in [0.717, 1.165) is 0 Å². The summed E-state index contributed by atoms with van der Waals surface area (Å²) < 4.78 is 9.59. The van der Waals surface area contributed by atoms with Crippen molar-refractivity contribution in [2.24, 2.45) is 0 Å². The van der Waals surface area contributed by atoms with Crippen LogP contribution in [-0.2, 0) is 0 Å². The minimum absolute atomic E-state index is 0. The number of rotatable bonds is 2. The van der Waals surface area contributed by atoms with Gasteiger partial charge in [-0.05, 0) is 0 Å². The van der Waals surface area contributed by atoms with Crippen LogP contribution in [0, 0.1) is 6.33 Å². The van der Waals surface area contributed by atoms with Gasteiger partial charge in [-0.1, -0.05) is 6.07 Å². The van der Waals surface area contributed by atoms with Crippen LogP contribution in [0.25, 0.3) is 0 Å². The Kier molecular flexibility index (Phi) is 4.67. The monoisotopic (exact) mass is 146 g/mol. The molecule has 5 heteroatoms. The van der Waals surface area contributed by atoms with Crippen molar-refractivity contribution in [2.45, 2.75) is 0 Å². The van der Waals surface area contributed by atoms with Gasteiger partial charge in [-0.3, -0.25) is 0 Å². The molecule has 1 heterocycles. The zero-order chi connectivity index (χ0) is 7.40. The van der Waals surface area contributed by atoms with Crippen LogP contribution in [0.3, 0.4) is 0 Å². The zero-order valence-corrected chi connectivity index (χ0v) is 6.79. The van der Waals surface area contributed by atoms with Crippen molar-refractivity contribution in [3.63, 3.8) is 0 Å². The van der Waals surface area contributed by atoms with Crippen LogP contribution in [-0.4, -0.2) is 24.2 Å². The average molecular weight is 146 g/mol. The maximum Gasteiger partial charge on any atom is 1.00 e. The molecule has 1 aromatic rings. The van der Waals surface area contributed by atoms with Crippen LogP contribution in [0.1, 0.15) is 0 Å². The quantitative estimate of drug-likeness (QED) is 0.336. The summed E-state index contributed by atoms with van der Waals surface area (Å²) in [6, 6.07) is 1.58. The van der Waals surface area contributed by atoms with Gasteiger partial charge in [-0.15, -0.1) is 0 Å². The Morgan fingerprint density at radius 2 is 1.64 bits per heavy atom. The molecular weight excluding hydrogens is 139 g/mol. The minimum Gasteiger partial charge on any atom is -0.537 e. The average Bonchev–Trinajstić information content (AvgIpc) is 2.05. The molecule has 0 saturated carbocycles. The summed E-state index contributed by atoms with van der Waals surface area (Å²) >= 11 is 0. The molecule has 0 unspecified atom stereocenters. The number of hydrogen-bond acceptors (Lipinski definition) is 4. The largest absolute Gasteiger partial charge is 1.00 e. The van der Waals surface area contributed by atoms with Gasteiger partial charge in [-0.25, -0.2) is 0 Å². The Hall–Kier alpha value is -0.723. The Morgan fingerprint density at radius 1 is 1.18 bits per heavy atom. The third-order valence-electron chi connectivity index (χ3n) is 0.986. The van der Waals surface area contributed by atoms with Crippen molar-refractivity contribution in [2.75, 3.05) is 14.2 Å². The molecule has 0 atom stereocenters. The second-order valence-corrected chi connectivity index (χ2v) is 1.55. The first kappa shape index (κ1) is 10.3. The molecule has 0 aromatic carbocycles. The molecule has 0 bridgehead atoms. The van der Waals surface area contributed by atoms with Crippen LogP contribution >= 0.6 is 0 Å². The summed E-state index contributed by atoms with van der Waals surface area (Å²) in [7, 11) is 3.05. The van der Waals surface area contributed by atoms with E-state index in [-0.39, 0.29) is 18.9 Å². The number of aromatic nitrogens is 2. The maximum atomic E-state index is 4.79. The smallest absolute Gasteiger partial charge is 0.537 e. The van der Waals surface area contributed by atoms with Crippen molar-refractivity contribution >= 4 is 0 Å². The van der Waals surface area contributed by atoms with Gasteiger partial charge in [0.25, 0.3) is 0 Å². The van der Waals surface area contributed by atoms with E-state index in [4.69, 9.17) is 9.47 Å². The van der Waals surface area contributed by atoms with Gasteiger partial charge < -0.3 is 19.4 Å². The number of ether oxygens (including phenoxy) is 2. The summed E-state index contributed by atoms with van der Waals surface area (Å²) in [5, 5.41) is 0. The van der Waals surface area contributed by atoms with E-state index in [9.17, 15) is 0 Å². The Bertz CT molecular complexity index is 200. The first-order valence-electron chi connectivity index (χ1n) is 2.70. The summed E-state index contributed by atoms with van der Waals surface area (Å²) in [6.07, 6.45) is 2.38. The molecule has 0 aliphatic heterocycles. The van der Waals surface area contributed by atoms with E-state index < -0.39 is 0 Å². The molecule has 0 aliphatic rings. The summed E-state index contributed by atoms with van der Waals surface area (Å²) in [5.74, 6) is 0.902. The fourth-order valence-electron chi connectivity index (χ4n) is 0.503. The molecule has 0 N–H and O–H groups in total. The summed E-state index contributed by atoms with van der Waals surface area (Å²) in [5.41, 5.74) is 0. The molecule has 4 nitrogen and oxygen atoms in total. The molecule has 0 aliphatic carbocycles. The van der Waals surface area contributed by atoms with Crippen molar-refractivity contribution in [1.82, 2.24) is 9.97 Å². The van der Waals surface area contributed by atoms with E-state index >= 15 is 0 Å². The van der Waals surface area contributed by atoms with E-state index in [0.29, 0.717) is 11.8 Å². The van der Waals surface area contributed by atoms with Gasteiger partial charge in [0.15, 0.2) is 0 Å². The topological polar surface area (TPSA) is 44.2 Å². The van der Waals surface area contributed by atoms with Gasteiger partial charge in [-0.2, -0.15) is 0 Å². The zero-order valence-electron chi connectivity index (χ0n) is 6.79. The van der Waals surface area contributed by atoms with Gasteiger partial charge in [0.1, 0.15) is 11.8 Å². The molecule has 0 fully saturated rings. The van der Waals surface area contributed by atoms with Crippen molar-refractivity contribution in [3.05, 3.63) is 12.4 Å². The van der Waals surface area contributed by atoms with E-state index in [2.05, 4.69) is 16.3 Å². The van der Waals surface area contributed by atoms with Crippen molar-refractivity contribution in [3.8, 4) is 11.8 Å². The first-order valence-corrected chi connectivity index (χ1v) is 2.70. The molecule has 0 amide bonds. The Balaban J connectivity index is 0.000001000. The van der Waals surface area contributed by atoms with Gasteiger partial charge in [0.05, 0.1) is 14.2 Å². The van der Waals surface area contributed by atoms with Crippen LogP contribution in [0.2, 0.25) is 0 Å². The first-order chi connectivity index (χ1) is 4.86. The molecule has 0 radical (unpaired) electrons. The molecule has 11 heavy (non-hydrogen) atoms. The van der Waals surface area contributed by atoms with Gasteiger partial charge in [0.2, 0.25) is 0 Å². The second-order valence-electron chi connectivity index (χ2n) is 1.55. The third kappa shape index (κ3) is 2.79. The molecular formula is C6H7LiN2O2. The maximum absolute atomic E-state index is 4.79. The number of hydrogen-bond donors (Lipinski definition) is 0. The summed E-state index contributed by atoms with van der Waals surface area (Å²) in [4.78, 5) is 7.34. The minimum atomic E-state index is 0. The van der Waals surface area contributed by atoms with E-state index in [1.165, 1.54) is 14.2 Å². The van der Waals surface area contributed by atoms with Gasteiger partial charge >= 0.3 is 18.9 Å². The molecule has 1 rings (SSSR count).